The summed E-state index contributed by atoms with van der Waals surface area (Å²) in [5.74, 6) is -0.764. The Morgan fingerprint density at radius 3 is 2.50 bits per heavy atom. The molecule has 0 aromatic rings. The Morgan fingerprint density at radius 1 is 1.36 bits per heavy atom. The second kappa shape index (κ2) is 3.87. The molecule has 1 aliphatic heterocycles. The van der Waals surface area contributed by atoms with Crippen molar-refractivity contribution < 1.29 is 9.90 Å². The maximum Gasteiger partial charge on any atom is 0.325 e. The van der Waals surface area contributed by atoms with Crippen molar-refractivity contribution in [1.82, 2.24) is 10.6 Å². The molecule has 14 heavy (non-hydrogen) atoms. The number of hydrogen-bond donors (Lipinski definition) is 3. The van der Waals surface area contributed by atoms with Crippen molar-refractivity contribution in [3.63, 3.8) is 0 Å². The van der Waals surface area contributed by atoms with Gasteiger partial charge in [-0.25, -0.2) is 0 Å². The Labute approximate surface area is 85.1 Å². The lowest BCUT2D eigenvalue weighted by Gasteiger charge is -2.41. The molecule has 1 atom stereocenters. The third-order valence-electron chi connectivity index (χ3n) is 2.99. The minimum atomic E-state index is -0.844. The minimum absolute atomic E-state index is 0.295. The van der Waals surface area contributed by atoms with Gasteiger partial charge in [-0.1, -0.05) is 20.8 Å². The van der Waals surface area contributed by atoms with E-state index in [1.165, 1.54) is 0 Å². The molecule has 1 heterocycles. The summed E-state index contributed by atoms with van der Waals surface area (Å²) in [5.41, 5.74) is -1.14. The summed E-state index contributed by atoms with van der Waals surface area (Å²) in [6.45, 7) is 8.02. The molecule has 0 bridgehead atoms. The number of carbonyl (C=O) groups is 1. The molecule has 4 heteroatoms. The van der Waals surface area contributed by atoms with Crippen LogP contribution in [0, 0.1) is 5.41 Å². The summed E-state index contributed by atoms with van der Waals surface area (Å²) in [5, 5.41) is 15.7. The van der Waals surface area contributed by atoms with Gasteiger partial charge in [0.1, 0.15) is 5.54 Å². The van der Waals surface area contributed by atoms with Crippen LogP contribution >= 0.6 is 0 Å². The highest BCUT2D eigenvalue weighted by Gasteiger charge is 2.48. The zero-order valence-corrected chi connectivity index (χ0v) is 9.18. The lowest BCUT2D eigenvalue weighted by molar-refractivity contribution is -0.149. The van der Waals surface area contributed by atoms with Crippen molar-refractivity contribution in [3.05, 3.63) is 0 Å². The van der Waals surface area contributed by atoms with Gasteiger partial charge in [-0.3, -0.25) is 4.79 Å². The smallest absolute Gasteiger partial charge is 0.325 e. The highest BCUT2D eigenvalue weighted by Crippen LogP contribution is 2.31. The van der Waals surface area contributed by atoms with E-state index in [0.717, 1.165) is 19.5 Å². The maximum absolute atomic E-state index is 11.4. The van der Waals surface area contributed by atoms with Crippen molar-refractivity contribution in [2.75, 3.05) is 19.6 Å². The third kappa shape index (κ3) is 1.91. The van der Waals surface area contributed by atoms with E-state index in [4.69, 9.17) is 0 Å². The topological polar surface area (TPSA) is 61.4 Å². The molecule has 3 N–H and O–H groups in total. The average molecular weight is 200 g/mol. The second-order valence-corrected chi connectivity index (χ2v) is 4.92. The van der Waals surface area contributed by atoms with Crippen LogP contribution in [0.5, 0.6) is 0 Å². The standard InChI is InChI=1S/C10H20N2O2/c1-9(2,3)10(8(13)14)7-11-5-4-6-12-10/h11-12H,4-7H2,1-3H3,(H,13,14). The number of rotatable bonds is 1. The number of aliphatic carboxylic acids is 1. The fraction of sp³-hybridized carbons (Fsp3) is 0.900. The van der Waals surface area contributed by atoms with Crippen molar-refractivity contribution in [3.8, 4) is 0 Å². The second-order valence-electron chi connectivity index (χ2n) is 4.92. The monoisotopic (exact) mass is 200 g/mol. The first-order valence-electron chi connectivity index (χ1n) is 5.09. The summed E-state index contributed by atoms with van der Waals surface area (Å²) >= 11 is 0. The first kappa shape index (κ1) is 11.5. The Kier molecular flexibility index (Phi) is 3.17. The van der Waals surface area contributed by atoms with E-state index >= 15 is 0 Å². The molecule has 1 aliphatic rings. The van der Waals surface area contributed by atoms with Crippen LogP contribution in [-0.4, -0.2) is 36.2 Å². The highest BCUT2D eigenvalue weighted by atomic mass is 16.4. The number of nitrogens with one attached hydrogen (secondary N) is 2. The van der Waals surface area contributed by atoms with Crippen LogP contribution in [0.1, 0.15) is 27.2 Å². The van der Waals surface area contributed by atoms with Crippen LogP contribution < -0.4 is 10.6 Å². The largest absolute Gasteiger partial charge is 0.480 e. The van der Waals surface area contributed by atoms with E-state index in [0.29, 0.717) is 6.54 Å². The molecule has 0 spiro atoms. The highest BCUT2D eigenvalue weighted by molar-refractivity contribution is 5.80. The number of carboxylic acid groups (broad SMARTS) is 1. The van der Waals surface area contributed by atoms with Crippen LogP contribution in [0.25, 0.3) is 0 Å². The molecule has 0 saturated carbocycles. The van der Waals surface area contributed by atoms with Gasteiger partial charge in [0, 0.05) is 6.54 Å². The van der Waals surface area contributed by atoms with Crippen LogP contribution in [-0.2, 0) is 4.79 Å². The first-order chi connectivity index (χ1) is 6.40. The molecule has 82 valence electrons. The van der Waals surface area contributed by atoms with E-state index in [1.54, 1.807) is 0 Å². The maximum atomic E-state index is 11.4. The Bertz CT molecular complexity index is 213. The number of carboxylic acids is 1. The van der Waals surface area contributed by atoms with Crippen molar-refractivity contribution in [1.29, 1.82) is 0 Å². The van der Waals surface area contributed by atoms with Crippen molar-refractivity contribution in [2.24, 2.45) is 5.41 Å². The first-order valence-corrected chi connectivity index (χ1v) is 5.09. The van der Waals surface area contributed by atoms with Crippen LogP contribution in [0.2, 0.25) is 0 Å². The van der Waals surface area contributed by atoms with Gasteiger partial charge in [-0.2, -0.15) is 0 Å². The van der Waals surface area contributed by atoms with Gasteiger partial charge in [0.2, 0.25) is 0 Å². The van der Waals surface area contributed by atoms with Crippen molar-refractivity contribution in [2.45, 2.75) is 32.7 Å². The van der Waals surface area contributed by atoms with Crippen LogP contribution in [0.4, 0.5) is 0 Å². The average Bonchev–Trinajstić information content (AvgIpc) is 2.26. The summed E-state index contributed by atoms with van der Waals surface area (Å²) in [4.78, 5) is 11.4. The molecular weight excluding hydrogens is 180 g/mol. The fourth-order valence-corrected chi connectivity index (χ4v) is 1.86. The summed E-state index contributed by atoms with van der Waals surface area (Å²) in [6.07, 6.45) is 0.977. The van der Waals surface area contributed by atoms with E-state index in [1.807, 2.05) is 20.8 Å². The molecule has 0 radical (unpaired) electrons. The molecule has 0 amide bonds. The SMILES string of the molecule is CC(C)(C)C1(C(=O)O)CNCCCN1. The lowest BCUT2D eigenvalue weighted by Crippen LogP contribution is -2.64. The molecule has 0 aromatic carbocycles. The number of hydrogen-bond acceptors (Lipinski definition) is 3. The lowest BCUT2D eigenvalue weighted by atomic mass is 9.73. The van der Waals surface area contributed by atoms with Gasteiger partial charge < -0.3 is 15.7 Å². The molecule has 1 fully saturated rings. The molecule has 0 aromatic heterocycles. The zero-order chi connectivity index (χ0) is 10.8. The quantitative estimate of drug-likeness (QED) is 0.575. The molecular formula is C10H20N2O2. The van der Waals surface area contributed by atoms with E-state index in [-0.39, 0.29) is 5.41 Å². The summed E-state index contributed by atoms with van der Waals surface area (Å²) in [6, 6.07) is 0. The predicted octanol–water partition coefficient (Wildman–Crippen LogP) is 0.439. The van der Waals surface area contributed by atoms with Gasteiger partial charge in [0.25, 0.3) is 0 Å². The van der Waals surface area contributed by atoms with Gasteiger partial charge >= 0.3 is 5.97 Å². The minimum Gasteiger partial charge on any atom is -0.480 e. The van der Waals surface area contributed by atoms with Gasteiger partial charge in [-0.15, -0.1) is 0 Å². The van der Waals surface area contributed by atoms with Gasteiger partial charge in [-0.05, 0) is 24.9 Å². The predicted molar refractivity (Wildman–Crippen MR) is 55.3 cm³/mol. The molecule has 0 aliphatic carbocycles. The Hall–Kier alpha value is -0.610. The van der Waals surface area contributed by atoms with E-state index in [2.05, 4.69) is 10.6 Å². The van der Waals surface area contributed by atoms with Crippen LogP contribution in [0.3, 0.4) is 0 Å². The molecule has 4 nitrogen and oxygen atoms in total. The van der Waals surface area contributed by atoms with E-state index < -0.39 is 11.5 Å². The van der Waals surface area contributed by atoms with E-state index in [9.17, 15) is 9.90 Å². The van der Waals surface area contributed by atoms with Gasteiger partial charge in [0.15, 0.2) is 0 Å². The Morgan fingerprint density at radius 2 is 2.00 bits per heavy atom. The molecule has 1 rings (SSSR count). The van der Waals surface area contributed by atoms with Crippen molar-refractivity contribution >= 4 is 5.97 Å². The van der Waals surface area contributed by atoms with Gasteiger partial charge in [0.05, 0.1) is 0 Å². The Balaban J connectivity index is 2.95. The summed E-state index contributed by atoms with van der Waals surface area (Å²) in [7, 11) is 0. The fourth-order valence-electron chi connectivity index (χ4n) is 1.86. The third-order valence-corrected chi connectivity index (χ3v) is 2.99. The van der Waals surface area contributed by atoms with Crippen LogP contribution in [0.15, 0.2) is 0 Å². The zero-order valence-electron chi connectivity index (χ0n) is 9.18. The summed E-state index contributed by atoms with van der Waals surface area (Å²) < 4.78 is 0. The molecule has 1 unspecified atom stereocenters. The molecule has 1 saturated heterocycles. The normalized spacial score (nSPS) is 29.6.